The molecule has 0 bridgehead atoms. The molecule has 1 aliphatic rings. The van der Waals surface area contributed by atoms with E-state index in [0.717, 1.165) is 32.1 Å². The fraction of sp³-hybridized carbons (Fsp3) is 0.600. The van der Waals surface area contributed by atoms with Crippen LogP contribution < -0.4 is 10.6 Å². The van der Waals surface area contributed by atoms with E-state index in [-0.39, 0.29) is 24.1 Å². The minimum absolute atomic E-state index is 0.0149. The molecule has 138 valence electrons. The Morgan fingerprint density at radius 1 is 1.16 bits per heavy atom. The summed E-state index contributed by atoms with van der Waals surface area (Å²) in [6.45, 7) is 6.67. The van der Waals surface area contributed by atoms with Crippen LogP contribution in [0, 0.1) is 13.8 Å². The predicted octanol–water partition coefficient (Wildman–Crippen LogP) is 3.41. The van der Waals surface area contributed by atoms with Gasteiger partial charge in [-0.1, -0.05) is 23.8 Å². The monoisotopic (exact) mass is 346 g/mol. The molecule has 0 radical (unpaired) electrons. The summed E-state index contributed by atoms with van der Waals surface area (Å²) in [4.78, 5) is 23.6. The second-order valence-electron chi connectivity index (χ2n) is 6.90. The summed E-state index contributed by atoms with van der Waals surface area (Å²) in [7, 11) is 0. The molecule has 1 saturated carbocycles. The SMILES string of the molecule is CCNC(=O)NC1CCC(OC(=O)CCc2ccc(C)cc2C)CC1. The maximum Gasteiger partial charge on any atom is 0.314 e. The average Bonchev–Trinajstić information content (AvgIpc) is 2.56. The van der Waals surface area contributed by atoms with Crippen LogP contribution in [0.25, 0.3) is 0 Å². The summed E-state index contributed by atoms with van der Waals surface area (Å²) < 4.78 is 5.61. The van der Waals surface area contributed by atoms with E-state index in [1.807, 2.05) is 6.92 Å². The molecule has 2 N–H and O–H groups in total. The first-order valence-corrected chi connectivity index (χ1v) is 9.28. The molecule has 25 heavy (non-hydrogen) atoms. The summed E-state index contributed by atoms with van der Waals surface area (Å²) in [6.07, 6.45) is 4.45. The van der Waals surface area contributed by atoms with Crippen LogP contribution in [0.1, 0.15) is 55.7 Å². The normalized spacial score (nSPS) is 20.0. The van der Waals surface area contributed by atoms with Gasteiger partial charge >= 0.3 is 12.0 Å². The standard InChI is InChI=1S/C20H30N2O3/c1-4-21-20(24)22-17-8-10-18(11-9-17)25-19(23)12-7-16-6-5-14(2)13-15(16)3/h5-6,13,17-18H,4,7-12H2,1-3H3,(H2,21,22,24). The number of ether oxygens (including phenoxy) is 1. The number of rotatable bonds is 6. The Morgan fingerprint density at radius 3 is 2.52 bits per heavy atom. The van der Waals surface area contributed by atoms with Gasteiger partial charge in [0.05, 0.1) is 0 Å². The molecule has 0 spiro atoms. The third-order valence-corrected chi connectivity index (χ3v) is 4.74. The summed E-state index contributed by atoms with van der Waals surface area (Å²) in [5.41, 5.74) is 3.67. The molecule has 0 saturated heterocycles. The fourth-order valence-electron chi connectivity index (χ4n) is 3.33. The average molecular weight is 346 g/mol. The lowest BCUT2D eigenvalue weighted by atomic mass is 9.93. The number of hydrogen-bond acceptors (Lipinski definition) is 3. The third kappa shape index (κ3) is 6.40. The molecular formula is C20H30N2O3. The quantitative estimate of drug-likeness (QED) is 0.776. The van der Waals surface area contributed by atoms with Gasteiger partial charge < -0.3 is 15.4 Å². The van der Waals surface area contributed by atoms with E-state index in [4.69, 9.17) is 4.74 Å². The maximum absolute atomic E-state index is 12.1. The first-order valence-electron chi connectivity index (χ1n) is 9.28. The number of benzene rings is 1. The van der Waals surface area contributed by atoms with Gasteiger partial charge in [0.25, 0.3) is 0 Å². The molecule has 0 aliphatic heterocycles. The molecule has 1 aliphatic carbocycles. The van der Waals surface area contributed by atoms with Crippen molar-refractivity contribution in [3.63, 3.8) is 0 Å². The summed E-state index contributed by atoms with van der Waals surface area (Å²) >= 11 is 0. The molecule has 0 atom stereocenters. The topological polar surface area (TPSA) is 67.4 Å². The second kappa shape index (κ2) is 9.44. The highest BCUT2D eigenvalue weighted by Crippen LogP contribution is 2.22. The zero-order valence-corrected chi connectivity index (χ0v) is 15.6. The zero-order chi connectivity index (χ0) is 18.2. The number of carbonyl (C=O) groups is 2. The van der Waals surface area contributed by atoms with Gasteiger partial charge in [0.15, 0.2) is 0 Å². The molecule has 0 heterocycles. The van der Waals surface area contributed by atoms with Gasteiger partial charge in [-0.15, -0.1) is 0 Å². The minimum Gasteiger partial charge on any atom is -0.462 e. The molecule has 1 aromatic rings. The molecule has 2 rings (SSSR count). The van der Waals surface area contributed by atoms with Crippen LogP contribution in [0.3, 0.4) is 0 Å². The highest BCUT2D eigenvalue weighted by atomic mass is 16.5. The largest absolute Gasteiger partial charge is 0.462 e. The molecule has 1 fully saturated rings. The Balaban J connectivity index is 1.69. The molecule has 0 aromatic heterocycles. The van der Waals surface area contributed by atoms with Crippen LogP contribution in [0.15, 0.2) is 18.2 Å². The Morgan fingerprint density at radius 2 is 1.88 bits per heavy atom. The molecule has 5 heteroatoms. The number of nitrogens with one attached hydrogen (secondary N) is 2. The smallest absolute Gasteiger partial charge is 0.314 e. The lowest BCUT2D eigenvalue weighted by molar-refractivity contribution is -0.150. The van der Waals surface area contributed by atoms with Crippen molar-refractivity contribution in [3.8, 4) is 0 Å². The minimum atomic E-state index is -0.125. The Hall–Kier alpha value is -2.04. The van der Waals surface area contributed by atoms with Gasteiger partial charge in [-0.25, -0.2) is 4.79 Å². The Labute approximate surface area is 150 Å². The van der Waals surface area contributed by atoms with Crippen molar-refractivity contribution in [2.45, 2.75) is 71.4 Å². The van der Waals surface area contributed by atoms with Gasteiger partial charge in [0.2, 0.25) is 0 Å². The number of esters is 1. The lowest BCUT2D eigenvalue weighted by Crippen LogP contribution is -2.44. The van der Waals surface area contributed by atoms with Crippen molar-refractivity contribution in [1.82, 2.24) is 10.6 Å². The van der Waals surface area contributed by atoms with Crippen molar-refractivity contribution in [2.75, 3.05) is 6.54 Å². The number of urea groups is 1. The lowest BCUT2D eigenvalue weighted by Gasteiger charge is -2.29. The predicted molar refractivity (Wildman–Crippen MR) is 98.6 cm³/mol. The summed E-state index contributed by atoms with van der Waals surface area (Å²) in [5.74, 6) is -0.125. The second-order valence-corrected chi connectivity index (χ2v) is 6.90. The van der Waals surface area contributed by atoms with Crippen LogP contribution >= 0.6 is 0 Å². The molecule has 2 amide bonds. The van der Waals surface area contributed by atoms with Crippen LogP contribution in [-0.4, -0.2) is 30.7 Å². The van der Waals surface area contributed by atoms with Crippen molar-refractivity contribution >= 4 is 12.0 Å². The van der Waals surface area contributed by atoms with E-state index in [2.05, 4.69) is 42.7 Å². The van der Waals surface area contributed by atoms with Crippen molar-refractivity contribution < 1.29 is 14.3 Å². The number of carbonyl (C=O) groups excluding carboxylic acids is 2. The number of hydrogen-bond donors (Lipinski definition) is 2. The molecule has 1 aromatic carbocycles. The van der Waals surface area contributed by atoms with Crippen LogP contribution in [0.2, 0.25) is 0 Å². The summed E-state index contributed by atoms with van der Waals surface area (Å²) in [5, 5.41) is 5.70. The van der Waals surface area contributed by atoms with E-state index in [1.54, 1.807) is 0 Å². The van der Waals surface area contributed by atoms with Gasteiger partial charge in [0, 0.05) is 19.0 Å². The number of amides is 2. The zero-order valence-electron chi connectivity index (χ0n) is 15.6. The van der Waals surface area contributed by atoms with Crippen LogP contribution in [0.5, 0.6) is 0 Å². The fourth-order valence-corrected chi connectivity index (χ4v) is 3.33. The van der Waals surface area contributed by atoms with Gasteiger partial charge in [-0.3, -0.25) is 4.79 Å². The van der Waals surface area contributed by atoms with E-state index in [0.29, 0.717) is 13.0 Å². The summed E-state index contributed by atoms with van der Waals surface area (Å²) in [6, 6.07) is 6.38. The van der Waals surface area contributed by atoms with E-state index in [9.17, 15) is 9.59 Å². The first-order chi connectivity index (χ1) is 12.0. The third-order valence-electron chi connectivity index (χ3n) is 4.74. The van der Waals surface area contributed by atoms with E-state index < -0.39 is 0 Å². The maximum atomic E-state index is 12.1. The van der Waals surface area contributed by atoms with E-state index >= 15 is 0 Å². The van der Waals surface area contributed by atoms with Crippen molar-refractivity contribution in [1.29, 1.82) is 0 Å². The highest BCUT2D eigenvalue weighted by molar-refractivity contribution is 5.74. The van der Waals surface area contributed by atoms with Crippen LogP contribution in [-0.2, 0) is 16.0 Å². The first kappa shape index (κ1) is 19.3. The van der Waals surface area contributed by atoms with Crippen molar-refractivity contribution in [2.24, 2.45) is 0 Å². The Kier molecular flexibility index (Phi) is 7.29. The Bertz CT molecular complexity index is 593. The van der Waals surface area contributed by atoms with Gasteiger partial charge in [-0.2, -0.15) is 0 Å². The van der Waals surface area contributed by atoms with E-state index in [1.165, 1.54) is 16.7 Å². The molecular weight excluding hydrogens is 316 g/mol. The molecule has 5 nitrogen and oxygen atoms in total. The van der Waals surface area contributed by atoms with Crippen LogP contribution in [0.4, 0.5) is 4.79 Å². The molecule has 0 unspecified atom stereocenters. The highest BCUT2D eigenvalue weighted by Gasteiger charge is 2.24. The van der Waals surface area contributed by atoms with Gasteiger partial charge in [0.1, 0.15) is 6.10 Å². The van der Waals surface area contributed by atoms with Crippen molar-refractivity contribution in [3.05, 3.63) is 34.9 Å². The number of aryl methyl sites for hydroxylation is 3. The van der Waals surface area contributed by atoms with Gasteiger partial charge in [-0.05, 0) is 64.0 Å².